The quantitative estimate of drug-likeness (QED) is 0.899. The number of rotatable bonds is 3. The Morgan fingerprint density at radius 3 is 2.67 bits per heavy atom. The lowest BCUT2D eigenvalue weighted by Crippen LogP contribution is -2.32. The number of methoxy groups -OCH3 is 1. The van der Waals surface area contributed by atoms with E-state index in [1.165, 1.54) is 0 Å². The van der Waals surface area contributed by atoms with Gasteiger partial charge in [-0.1, -0.05) is 20.8 Å². The molecule has 1 aromatic heterocycles. The van der Waals surface area contributed by atoms with Crippen LogP contribution in [-0.2, 0) is 12.1 Å². The van der Waals surface area contributed by atoms with Gasteiger partial charge >= 0.3 is 0 Å². The van der Waals surface area contributed by atoms with E-state index in [9.17, 15) is 5.11 Å². The minimum absolute atomic E-state index is 0.155. The number of aryl methyl sites for hydroxylation is 1. The summed E-state index contributed by atoms with van der Waals surface area (Å²) in [7, 11) is 1.63. The summed E-state index contributed by atoms with van der Waals surface area (Å²) < 4.78 is 7.24. The number of aromatic nitrogens is 2. The van der Waals surface area contributed by atoms with Crippen molar-refractivity contribution in [3.63, 3.8) is 0 Å². The Balaban J connectivity index is 2.50. The van der Waals surface area contributed by atoms with Crippen LogP contribution in [0.25, 0.3) is 0 Å². The van der Waals surface area contributed by atoms with E-state index in [2.05, 4.69) is 25.9 Å². The van der Waals surface area contributed by atoms with Crippen LogP contribution < -0.4 is 4.74 Å². The summed E-state index contributed by atoms with van der Waals surface area (Å²) in [5.74, 6) is 0.910. The highest BCUT2D eigenvalue weighted by Gasteiger charge is 2.51. The molecule has 1 N–H and O–H groups in total. The molecule has 4 nitrogen and oxygen atoms in total. The van der Waals surface area contributed by atoms with Gasteiger partial charge in [0.1, 0.15) is 11.3 Å². The molecule has 2 atom stereocenters. The Hall–Kier alpha value is -1.03. The Bertz CT molecular complexity index is 418. The number of ether oxygens (including phenoxy) is 1. The highest BCUT2D eigenvalue weighted by atomic mass is 16.5. The van der Waals surface area contributed by atoms with Gasteiger partial charge in [-0.25, -0.2) is 0 Å². The zero-order valence-electron chi connectivity index (χ0n) is 12.0. The van der Waals surface area contributed by atoms with Gasteiger partial charge in [-0.2, -0.15) is 5.10 Å². The molecule has 18 heavy (non-hydrogen) atoms. The van der Waals surface area contributed by atoms with Gasteiger partial charge in [0, 0.05) is 6.54 Å². The van der Waals surface area contributed by atoms with Gasteiger partial charge in [0.2, 0.25) is 0 Å². The SMILES string of the molecule is CCn1ncc(OC)c1C1(O)CC(C)(C)CC1C. The van der Waals surface area contributed by atoms with Gasteiger partial charge in [-0.05, 0) is 31.1 Å². The first-order chi connectivity index (χ1) is 8.34. The lowest BCUT2D eigenvalue weighted by Gasteiger charge is -2.29. The fourth-order valence-corrected chi connectivity index (χ4v) is 3.48. The number of hydrogen-bond acceptors (Lipinski definition) is 3. The molecular weight excluding hydrogens is 228 g/mol. The van der Waals surface area contributed by atoms with E-state index in [0.717, 1.165) is 25.1 Å². The summed E-state index contributed by atoms with van der Waals surface area (Å²) in [5, 5.41) is 15.4. The first-order valence-corrected chi connectivity index (χ1v) is 6.66. The summed E-state index contributed by atoms with van der Waals surface area (Å²) in [5.41, 5.74) is 0.161. The fraction of sp³-hybridized carbons (Fsp3) is 0.786. The van der Waals surface area contributed by atoms with E-state index in [1.54, 1.807) is 13.3 Å². The Morgan fingerprint density at radius 1 is 1.56 bits per heavy atom. The molecule has 1 aromatic rings. The van der Waals surface area contributed by atoms with Crippen molar-refractivity contribution in [1.82, 2.24) is 9.78 Å². The molecule has 2 rings (SSSR count). The maximum absolute atomic E-state index is 11.1. The Labute approximate surface area is 109 Å². The first-order valence-electron chi connectivity index (χ1n) is 6.66. The maximum Gasteiger partial charge on any atom is 0.162 e. The molecule has 1 heterocycles. The van der Waals surface area contributed by atoms with Crippen molar-refractivity contribution in [2.45, 2.75) is 52.7 Å². The highest BCUT2D eigenvalue weighted by molar-refractivity contribution is 5.33. The molecule has 1 fully saturated rings. The van der Waals surface area contributed by atoms with E-state index in [0.29, 0.717) is 5.75 Å². The van der Waals surface area contributed by atoms with Crippen LogP contribution >= 0.6 is 0 Å². The average molecular weight is 252 g/mol. The predicted molar refractivity (Wildman–Crippen MR) is 70.5 cm³/mol. The summed E-state index contributed by atoms with van der Waals surface area (Å²) in [4.78, 5) is 0. The predicted octanol–water partition coefficient (Wildman–Crippen LogP) is 2.56. The molecule has 0 spiro atoms. The third-order valence-electron chi connectivity index (χ3n) is 4.16. The highest BCUT2D eigenvalue weighted by Crippen LogP contribution is 2.54. The van der Waals surface area contributed by atoms with Crippen molar-refractivity contribution in [3.8, 4) is 5.75 Å². The van der Waals surface area contributed by atoms with Crippen LogP contribution in [0.5, 0.6) is 5.75 Å². The van der Waals surface area contributed by atoms with Crippen molar-refractivity contribution in [3.05, 3.63) is 11.9 Å². The van der Waals surface area contributed by atoms with E-state index in [-0.39, 0.29) is 11.3 Å². The average Bonchev–Trinajstić information content (AvgIpc) is 2.78. The molecular formula is C14H24N2O2. The molecule has 102 valence electrons. The van der Waals surface area contributed by atoms with Crippen LogP contribution in [0.4, 0.5) is 0 Å². The Morgan fingerprint density at radius 2 is 2.22 bits per heavy atom. The molecule has 2 unspecified atom stereocenters. The molecule has 0 radical (unpaired) electrons. The molecule has 0 aromatic carbocycles. The van der Waals surface area contributed by atoms with Crippen LogP contribution in [-0.4, -0.2) is 22.0 Å². The molecule has 1 aliphatic rings. The van der Waals surface area contributed by atoms with Crippen LogP contribution in [0.2, 0.25) is 0 Å². The third kappa shape index (κ3) is 1.92. The molecule has 1 aliphatic carbocycles. The van der Waals surface area contributed by atoms with Gasteiger partial charge in [-0.15, -0.1) is 0 Å². The van der Waals surface area contributed by atoms with Crippen molar-refractivity contribution >= 4 is 0 Å². The second-order valence-electron chi connectivity index (χ2n) is 6.25. The lowest BCUT2D eigenvalue weighted by molar-refractivity contribution is -0.0111. The number of nitrogens with zero attached hydrogens (tertiary/aromatic N) is 2. The van der Waals surface area contributed by atoms with Crippen LogP contribution in [0.3, 0.4) is 0 Å². The van der Waals surface area contributed by atoms with Crippen LogP contribution in [0.15, 0.2) is 6.20 Å². The molecule has 0 bridgehead atoms. The molecule has 4 heteroatoms. The standard InChI is InChI=1S/C14H24N2O2/c1-6-16-12(11(18-5)8-15-16)14(17)9-13(3,4)7-10(14)2/h8,10,17H,6-7,9H2,1-5H3. The van der Waals surface area contributed by atoms with Gasteiger partial charge in [0.15, 0.2) is 5.75 Å². The van der Waals surface area contributed by atoms with Crippen LogP contribution in [0.1, 0.15) is 46.2 Å². The summed E-state index contributed by atoms with van der Waals surface area (Å²) in [6, 6.07) is 0. The van der Waals surface area contributed by atoms with Crippen LogP contribution in [0, 0.1) is 11.3 Å². The zero-order valence-corrected chi connectivity index (χ0v) is 12.0. The van der Waals surface area contributed by atoms with Gasteiger partial charge in [-0.3, -0.25) is 4.68 Å². The molecule has 0 saturated heterocycles. The first kappa shape index (κ1) is 13.4. The van der Waals surface area contributed by atoms with Gasteiger partial charge in [0.05, 0.1) is 13.3 Å². The van der Waals surface area contributed by atoms with Crippen molar-refractivity contribution in [2.24, 2.45) is 11.3 Å². The fourth-order valence-electron chi connectivity index (χ4n) is 3.48. The smallest absolute Gasteiger partial charge is 0.162 e. The van der Waals surface area contributed by atoms with Crippen molar-refractivity contribution in [2.75, 3.05) is 7.11 Å². The van der Waals surface area contributed by atoms with Gasteiger partial charge in [0.25, 0.3) is 0 Å². The van der Waals surface area contributed by atoms with Gasteiger partial charge < -0.3 is 9.84 Å². The summed E-state index contributed by atoms with van der Waals surface area (Å²) >= 11 is 0. The topological polar surface area (TPSA) is 47.3 Å². The molecule has 0 aliphatic heterocycles. The number of hydrogen-bond donors (Lipinski definition) is 1. The second kappa shape index (κ2) is 4.26. The van der Waals surface area contributed by atoms with Crippen molar-refractivity contribution in [1.29, 1.82) is 0 Å². The largest absolute Gasteiger partial charge is 0.493 e. The number of aliphatic hydroxyl groups is 1. The summed E-state index contributed by atoms with van der Waals surface area (Å²) in [6.07, 6.45) is 3.47. The maximum atomic E-state index is 11.1. The van der Waals surface area contributed by atoms with E-state index in [1.807, 2.05) is 11.6 Å². The summed E-state index contributed by atoms with van der Waals surface area (Å²) in [6.45, 7) is 9.31. The Kier molecular flexibility index (Phi) is 3.18. The third-order valence-corrected chi connectivity index (χ3v) is 4.16. The lowest BCUT2D eigenvalue weighted by atomic mass is 9.86. The van der Waals surface area contributed by atoms with E-state index >= 15 is 0 Å². The second-order valence-corrected chi connectivity index (χ2v) is 6.25. The molecule has 1 saturated carbocycles. The van der Waals surface area contributed by atoms with Crippen molar-refractivity contribution < 1.29 is 9.84 Å². The minimum Gasteiger partial charge on any atom is -0.493 e. The zero-order chi connectivity index (χ0) is 13.6. The van der Waals surface area contributed by atoms with E-state index in [4.69, 9.17) is 4.74 Å². The normalized spacial score (nSPS) is 30.7. The molecule has 0 amide bonds. The minimum atomic E-state index is -0.832. The monoisotopic (exact) mass is 252 g/mol. The van der Waals surface area contributed by atoms with E-state index < -0.39 is 5.60 Å².